The minimum absolute atomic E-state index is 0.111. The van der Waals surface area contributed by atoms with Gasteiger partial charge in [-0.25, -0.2) is 0 Å². The average Bonchev–Trinajstić information content (AvgIpc) is 2.13. The fourth-order valence-electron chi connectivity index (χ4n) is 0.448. The lowest BCUT2D eigenvalue weighted by Gasteiger charge is -1.75. The van der Waals surface area contributed by atoms with Crippen molar-refractivity contribution in [2.24, 2.45) is 0 Å². The van der Waals surface area contributed by atoms with E-state index in [2.05, 4.69) is 20.9 Å². The first kappa shape index (κ1) is 6.48. The minimum atomic E-state index is 0.111. The zero-order valence-electron chi connectivity index (χ0n) is 4.72. The van der Waals surface area contributed by atoms with Gasteiger partial charge in [0.1, 0.15) is 10.4 Å². The lowest BCUT2D eigenvalue weighted by Crippen LogP contribution is -1.74. The van der Waals surface area contributed by atoms with Crippen molar-refractivity contribution >= 4 is 22.2 Å². The highest BCUT2D eigenvalue weighted by Crippen LogP contribution is 2.13. The molecule has 9 heavy (non-hydrogen) atoms. The maximum absolute atomic E-state index is 9.99. The summed E-state index contributed by atoms with van der Waals surface area (Å²) < 4.78 is 5.42. The molecule has 0 aliphatic carbocycles. The molecule has 0 saturated heterocycles. The molecule has 1 heterocycles. The van der Waals surface area contributed by atoms with Gasteiger partial charge in [-0.05, 0) is 22.9 Å². The van der Waals surface area contributed by atoms with Gasteiger partial charge in [0, 0.05) is 0 Å². The number of rotatable bonds is 1. The smallest absolute Gasteiger partial charge is 0.261 e. The first-order valence-corrected chi connectivity index (χ1v) is 3.11. The van der Waals surface area contributed by atoms with Gasteiger partial charge in [0.15, 0.2) is 0 Å². The second kappa shape index (κ2) is 2.31. The lowest BCUT2D eigenvalue weighted by atomic mass is 10.6. The van der Waals surface area contributed by atoms with Crippen LogP contribution in [0.2, 0.25) is 0 Å². The molecule has 0 unspecified atom stereocenters. The van der Waals surface area contributed by atoms with E-state index in [1.807, 2.05) is 0 Å². The van der Waals surface area contributed by atoms with E-state index in [1.165, 1.54) is 0 Å². The summed E-state index contributed by atoms with van der Waals surface area (Å²) in [4.78, 5) is 13.7. The summed E-state index contributed by atoms with van der Waals surface area (Å²) in [5.41, 5.74) is 0. The highest BCUT2D eigenvalue weighted by atomic mass is 79.9. The Bertz CT molecular complexity index is 211. The summed E-state index contributed by atoms with van der Waals surface area (Å²) in [7, 11) is 0. The predicted octanol–water partition coefficient (Wildman–Crippen LogP) is 1.56. The molecular formula is C5H4BrNO2. The van der Waals surface area contributed by atoms with E-state index in [4.69, 9.17) is 4.42 Å². The Labute approximate surface area is 60.2 Å². The van der Waals surface area contributed by atoms with E-state index in [0.29, 0.717) is 16.6 Å². The number of hydrogen-bond acceptors (Lipinski definition) is 3. The Morgan fingerprint density at radius 1 is 1.78 bits per heavy atom. The van der Waals surface area contributed by atoms with Gasteiger partial charge in [-0.1, -0.05) is 0 Å². The fourth-order valence-corrected chi connectivity index (χ4v) is 0.703. The van der Waals surface area contributed by atoms with Crippen molar-refractivity contribution in [3.8, 4) is 0 Å². The van der Waals surface area contributed by atoms with E-state index < -0.39 is 0 Å². The Balaban J connectivity index is 3.11. The van der Waals surface area contributed by atoms with Crippen molar-refractivity contribution in [3.63, 3.8) is 0 Å². The molecule has 3 nitrogen and oxygen atoms in total. The van der Waals surface area contributed by atoms with E-state index in [1.54, 1.807) is 6.92 Å². The van der Waals surface area contributed by atoms with Crippen LogP contribution >= 0.6 is 15.9 Å². The zero-order chi connectivity index (χ0) is 6.85. The van der Waals surface area contributed by atoms with E-state index in [0.717, 1.165) is 0 Å². The number of nitrogens with zero attached hydrogens (tertiary/aromatic N) is 1. The number of hydrogen-bond donors (Lipinski definition) is 0. The molecule has 0 aliphatic rings. The molecule has 0 aromatic carbocycles. The van der Waals surface area contributed by atoms with Crippen LogP contribution in [0.3, 0.4) is 0 Å². The molecule has 4 heteroatoms. The number of carbonyl (C=O) groups is 1. The van der Waals surface area contributed by atoms with Gasteiger partial charge in [-0.15, -0.1) is 0 Å². The number of halogens is 1. The Morgan fingerprint density at radius 3 is 2.67 bits per heavy atom. The molecule has 0 amide bonds. The van der Waals surface area contributed by atoms with Crippen molar-refractivity contribution < 1.29 is 9.21 Å². The maximum atomic E-state index is 9.99. The van der Waals surface area contributed by atoms with Gasteiger partial charge in [0.05, 0.1) is 0 Å². The van der Waals surface area contributed by atoms with Crippen molar-refractivity contribution in [3.05, 3.63) is 16.3 Å². The summed E-state index contributed by atoms with van der Waals surface area (Å²) in [6, 6.07) is 0. The topological polar surface area (TPSA) is 43.1 Å². The summed E-state index contributed by atoms with van der Waals surface area (Å²) in [5, 5.41) is 0. The van der Waals surface area contributed by atoms with Crippen LogP contribution in [-0.4, -0.2) is 11.3 Å². The molecule has 0 saturated carbocycles. The number of aromatic nitrogens is 1. The summed E-state index contributed by atoms with van der Waals surface area (Å²) in [5.74, 6) is 0.733. The third kappa shape index (κ3) is 1.18. The molecule has 0 radical (unpaired) electrons. The third-order valence-electron chi connectivity index (χ3n) is 0.857. The van der Waals surface area contributed by atoms with Crippen LogP contribution in [0.15, 0.2) is 9.02 Å². The van der Waals surface area contributed by atoms with Crippen molar-refractivity contribution in [1.82, 2.24) is 4.98 Å². The number of oxazole rings is 1. The highest BCUT2D eigenvalue weighted by Gasteiger charge is 2.03. The molecular weight excluding hydrogens is 186 g/mol. The number of aldehydes is 1. The van der Waals surface area contributed by atoms with Gasteiger partial charge < -0.3 is 4.42 Å². The highest BCUT2D eigenvalue weighted by molar-refractivity contribution is 9.10. The molecule has 0 fully saturated rings. The molecule has 48 valence electrons. The van der Waals surface area contributed by atoms with Crippen LogP contribution in [-0.2, 0) is 0 Å². The fraction of sp³-hybridized carbons (Fsp3) is 0.200. The lowest BCUT2D eigenvalue weighted by molar-refractivity contribution is 0.109. The average molecular weight is 190 g/mol. The standard InChI is InChI=1S/C5H4BrNO2/c1-3-5(6)7-4(2-8)9-3/h2H,1H3. The molecule has 1 aromatic heterocycles. The summed E-state index contributed by atoms with van der Waals surface area (Å²) >= 11 is 3.09. The molecule has 0 bridgehead atoms. The monoisotopic (exact) mass is 189 g/mol. The summed E-state index contributed by atoms with van der Waals surface area (Å²) in [6.45, 7) is 1.73. The Kier molecular flexibility index (Phi) is 1.66. The summed E-state index contributed by atoms with van der Waals surface area (Å²) in [6.07, 6.45) is 0.567. The van der Waals surface area contributed by atoms with Crippen molar-refractivity contribution in [2.75, 3.05) is 0 Å². The molecule has 1 rings (SSSR count). The maximum Gasteiger partial charge on any atom is 0.261 e. The SMILES string of the molecule is Cc1oc(C=O)nc1Br. The second-order valence-electron chi connectivity index (χ2n) is 1.52. The molecule has 0 N–H and O–H groups in total. The Morgan fingerprint density at radius 2 is 2.44 bits per heavy atom. The van der Waals surface area contributed by atoms with Crippen LogP contribution in [0.4, 0.5) is 0 Å². The van der Waals surface area contributed by atoms with Gasteiger partial charge in [0.2, 0.25) is 6.29 Å². The van der Waals surface area contributed by atoms with Gasteiger partial charge in [0.25, 0.3) is 5.89 Å². The zero-order valence-corrected chi connectivity index (χ0v) is 6.31. The van der Waals surface area contributed by atoms with Crippen LogP contribution in [0, 0.1) is 6.92 Å². The third-order valence-corrected chi connectivity index (χ3v) is 1.59. The van der Waals surface area contributed by atoms with Crippen molar-refractivity contribution in [2.45, 2.75) is 6.92 Å². The van der Waals surface area contributed by atoms with Crippen LogP contribution in [0.1, 0.15) is 16.4 Å². The van der Waals surface area contributed by atoms with Crippen molar-refractivity contribution in [1.29, 1.82) is 0 Å². The minimum Gasteiger partial charge on any atom is -0.438 e. The van der Waals surface area contributed by atoms with E-state index in [9.17, 15) is 4.79 Å². The number of carbonyl (C=O) groups excluding carboxylic acids is 1. The first-order valence-electron chi connectivity index (χ1n) is 2.32. The molecule has 0 aliphatic heterocycles. The quantitative estimate of drug-likeness (QED) is 0.631. The number of aryl methyl sites for hydroxylation is 1. The van der Waals surface area contributed by atoms with Crippen LogP contribution in [0.25, 0.3) is 0 Å². The van der Waals surface area contributed by atoms with Gasteiger partial charge >= 0.3 is 0 Å². The largest absolute Gasteiger partial charge is 0.438 e. The van der Waals surface area contributed by atoms with E-state index in [-0.39, 0.29) is 5.89 Å². The van der Waals surface area contributed by atoms with E-state index >= 15 is 0 Å². The molecule has 0 spiro atoms. The normalized spacial score (nSPS) is 9.56. The van der Waals surface area contributed by atoms with Crippen LogP contribution in [0.5, 0.6) is 0 Å². The van der Waals surface area contributed by atoms with Gasteiger partial charge in [-0.2, -0.15) is 4.98 Å². The molecule has 0 atom stereocenters. The molecule has 1 aromatic rings. The predicted molar refractivity (Wildman–Crippen MR) is 34.3 cm³/mol. The first-order chi connectivity index (χ1) is 4.24. The second-order valence-corrected chi connectivity index (χ2v) is 2.27. The van der Waals surface area contributed by atoms with Crippen LogP contribution < -0.4 is 0 Å². The Hall–Kier alpha value is -0.640. The van der Waals surface area contributed by atoms with Gasteiger partial charge in [-0.3, -0.25) is 4.79 Å².